The lowest BCUT2D eigenvalue weighted by atomic mass is 10.2. The fourth-order valence-electron chi connectivity index (χ4n) is 1.10. The maximum atomic E-state index is 11.2. The van der Waals surface area contributed by atoms with Gasteiger partial charge in [-0.2, -0.15) is 10.4 Å². The molecular weight excluding hydrogens is 300 g/mol. The molecule has 0 fully saturated rings. The minimum Gasteiger partial charge on any atom is -0.382 e. The highest BCUT2D eigenvalue weighted by Gasteiger charge is 2.11. The molecule has 0 unspecified atom stereocenters. The molecule has 0 aliphatic rings. The van der Waals surface area contributed by atoms with Crippen LogP contribution in [0.25, 0.3) is 0 Å². The number of halogens is 1. The zero-order chi connectivity index (χ0) is 13.7. The first-order valence-corrected chi connectivity index (χ1v) is 5.43. The monoisotopic (exact) mass is 308 g/mol. The maximum Gasteiger partial charge on any atom is 0.250 e. The number of amides is 1. The molecular formula is C10H9BrN6O. The molecule has 8 heteroatoms. The van der Waals surface area contributed by atoms with Crippen LogP contribution in [0.15, 0.2) is 27.8 Å². The van der Waals surface area contributed by atoms with Crippen molar-refractivity contribution in [2.24, 2.45) is 16.6 Å². The van der Waals surface area contributed by atoms with Crippen LogP contribution >= 0.6 is 15.9 Å². The fourth-order valence-corrected chi connectivity index (χ4v) is 1.56. The molecule has 0 spiro atoms. The number of rotatable bonds is 4. The van der Waals surface area contributed by atoms with E-state index in [1.54, 1.807) is 18.2 Å². The number of nitriles is 1. The number of benzene rings is 1. The van der Waals surface area contributed by atoms with E-state index in [1.165, 1.54) is 6.07 Å². The number of nitrogens with two attached hydrogens (primary N) is 2. The Labute approximate surface area is 111 Å². The molecule has 0 bridgehead atoms. The molecule has 0 aliphatic carbocycles. The minimum atomic E-state index is -0.643. The molecule has 1 aromatic carbocycles. The van der Waals surface area contributed by atoms with E-state index in [1.807, 2.05) is 0 Å². The van der Waals surface area contributed by atoms with Crippen molar-refractivity contribution >= 4 is 39.1 Å². The maximum absolute atomic E-state index is 11.2. The molecule has 0 aliphatic heterocycles. The highest BCUT2D eigenvalue weighted by Crippen LogP contribution is 2.26. The van der Waals surface area contributed by atoms with Gasteiger partial charge in [-0.3, -0.25) is 15.6 Å². The fraction of sp³-hybridized carbons (Fsp3) is 0. The zero-order valence-electron chi connectivity index (χ0n) is 9.07. The summed E-state index contributed by atoms with van der Waals surface area (Å²) in [6.45, 7) is 0. The van der Waals surface area contributed by atoms with Gasteiger partial charge in [-0.05, 0) is 28.1 Å². The van der Waals surface area contributed by atoms with Gasteiger partial charge in [0.2, 0.25) is 5.71 Å². The molecule has 7 nitrogen and oxygen atoms in total. The predicted octanol–water partition coefficient (Wildman–Crippen LogP) is 0.775. The molecule has 0 saturated heterocycles. The summed E-state index contributed by atoms with van der Waals surface area (Å²) in [5, 5.41) is 19.4. The van der Waals surface area contributed by atoms with E-state index in [4.69, 9.17) is 22.1 Å². The van der Waals surface area contributed by atoms with E-state index in [9.17, 15) is 4.79 Å². The van der Waals surface area contributed by atoms with Gasteiger partial charge in [-0.15, -0.1) is 0 Å². The number of carbonyl (C=O) groups is 1. The number of hydrogen-bond acceptors (Lipinski definition) is 5. The summed E-state index contributed by atoms with van der Waals surface area (Å²) in [5.41, 5.74) is 13.0. The molecule has 0 aromatic heterocycles. The van der Waals surface area contributed by atoms with Crippen LogP contribution in [0, 0.1) is 16.7 Å². The third-order valence-electron chi connectivity index (χ3n) is 1.92. The summed E-state index contributed by atoms with van der Waals surface area (Å²) in [4.78, 5) is 11.2. The largest absolute Gasteiger partial charge is 0.382 e. The molecule has 1 rings (SSSR count). The van der Waals surface area contributed by atoms with Gasteiger partial charge in [-0.25, -0.2) is 0 Å². The van der Waals surface area contributed by atoms with Gasteiger partial charge in [0.1, 0.15) is 6.07 Å². The summed E-state index contributed by atoms with van der Waals surface area (Å²) in [6.07, 6.45) is 0. The lowest BCUT2D eigenvalue weighted by molar-refractivity contribution is 0.100. The number of anilines is 1. The van der Waals surface area contributed by atoms with Crippen LogP contribution < -0.4 is 16.9 Å². The van der Waals surface area contributed by atoms with Crippen molar-refractivity contribution in [3.63, 3.8) is 0 Å². The van der Waals surface area contributed by atoms with E-state index >= 15 is 0 Å². The van der Waals surface area contributed by atoms with Crippen LogP contribution in [0.5, 0.6) is 0 Å². The van der Waals surface area contributed by atoms with Crippen molar-refractivity contribution in [2.45, 2.75) is 0 Å². The second kappa shape index (κ2) is 5.79. The number of hydrazone groups is 1. The predicted molar refractivity (Wildman–Crippen MR) is 71.2 cm³/mol. The quantitative estimate of drug-likeness (QED) is 0.370. The van der Waals surface area contributed by atoms with Gasteiger partial charge < -0.3 is 11.5 Å². The van der Waals surface area contributed by atoms with Crippen molar-refractivity contribution in [3.8, 4) is 6.07 Å². The van der Waals surface area contributed by atoms with Crippen LogP contribution in [-0.2, 0) is 0 Å². The molecule has 92 valence electrons. The first-order chi connectivity index (χ1) is 8.47. The highest BCUT2D eigenvalue weighted by molar-refractivity contribution is 9.10. The second-order valence-corrected chi connectivity index (χ2v) is 3.98. The zero-order valence-corrected chi connectivity index (χ0v) is 10.7. The van der Waals surface area contributed by atoms with E-state index in [0.29, 0.717) is 10.2 Å². The second-order valence-electron chi connectivity index (χ2n) is 3.12. The number of nitrogens with zero attached hydrogens (tertiary/aromatic N) is 2. The molecule has 1 aromatic rings. The summed E-state index contributed by atoms with van der Waals surface area (Å²) in [6, 6.07) is 6.46. The Balaban J connectivity index is 3.16. The third kappa shape index (κ3) is 3.05. The first kappa shape index (κ1) is 13.7. The molecule has 0 saturated carbocycles. The summed E-state index contributed by atoms with van der Waals surface area (Å²) < 4.78 is 0.545. The van der Waals surface area contributed by atoms with E-state index in [-0.39, 0.29) is 11.3 Å². The van der Waals surface area contributed by atoms with Crippen LogP contribution in [0.3, 0.4) is 0 Å². The van der Waals surface area contributed by atoms with Crippen molar-refractivity contribution in [2.75, 3.05) is 5.43 Å². The SMILES string of the molecule is N#C/C(=N\Nc1c(Br)cccc1C(N)=O)C(=N)N. The lowest BCUT2D eigenvalue weighted by Gasteiger charge is -2.08. The molecule has 0 heterocycles. The van der Waals surface area contributed by atoms with Crippen LogP contribution in [0.4, 0.5) is 5.69 Å². The number of primary amides is 1. The van der Waals surface area contributed by atoms with Crippen LogP contribution in [-0.4, -0.2) is 17.5 Å². The third-order valence-corrected chi connectivity index (χ3v) is 2.58. The van der Waals surface area contributed by atoms with Gasteiger partial charge >= 0.3 is 0 Å². The Kier molecular flexibility index (Phi) is 4.39. The van der Waals surface area contributed by atoms with E-state index in [2.05, 4.69) is 26.5 Å². The van der Waals surface area contributed by atoms with Gasteiger partial charge in [0, 0.05) is 4.47 Å². The summed E-state index contributed by atoms with van der Waals surface area (Å²) in [7, 11) is 0. The van der Waals surface area contributed by atoms with Crippen LogP contribution in [0.1, 0.15) is 10.4 Å². The number of carbonyl (C=O) groups excluding carboxylic acids is 1. The Morgan fingerprint density at radius 3 is 2.67 bits per heavy atom. The van der Waals surface area contributed by atoms with Crippen molar-refractivity contribution < 1.29 is 4.79 Å². The number of amidine groups is 1. The smallest absolute Gasteiger partial charge is 0.250 e. The standard InChI is InChI=1S/C10H9BrN6O/c11-6-3-1-2-5(10(15)18)8(6)17-16-7(4-12)9(13)14/h1-3,17H,(H3,13,14)(H2,15,18)/b16-7+. The molecule has 0 atom stereocenters. The summed E-state index contributed by atoms with van der Waals surface area (Å²) in [5.74, 6) is -1.12. The Morgan fingerprint density at radius 2 is 2.17 bits per heavy atom. The Bertz CT molecular complexity index is 574. The first-order valence-electron chi connectivity index (χ1n) is 4.64. The molecule has 0 radical (unpaired) electrons. The minimum absolute atomic E-state index is 0.203. The molecule has 1 amide bonds. The van der Waals surface area contributed by atoms with E-state index < -0.39 is 11.7 Å². The molecule has 6 N–H and O–H groups in total. The normalized spacial score (nSPS) is 10.6. The number of nitrogens with one attached hydrogen (secondary N) is 2. The average Bonchev–Trinajstić information content (AvgIpc) is 2.30. The molecule has 18 heavy (non-hydrogen) atoms. The number of hydrogen-bond donors (Lipinski definition) is 4. The van der Waals surface area contributed by atoms with E-state index in [0.717, 1.165) is 0 Å². The van der Waals surface area contributed by atoms with Crippen molar-refractivity contribution in [1.82, 2.24) is 0 Å². The lowest BCUT2D eigenvalue weighted by Crippen LogP contribution is -2.22. The Hall–Kier alpha value is -2.40. The topological polar surface area (TPSA) is 141 Å². The number of para-hydroxylation sites is 1. The highest BCUT2D eigenvalue weighted by atomic mass is 79.9. The van der Waals surface area contributed by atoms with Crippen LogP contribution in [0.2, 0.25) is 0 Å². The van der Waals surface area contributed by atoms with Gasteiger partial charge in [0.05, 0.1) is 11.3 Å². The van der Waals surface area contributed by atoms with Gasteiger partial charge in [0.15, 0.2) is 5.84 Å². The van der Waals surface area contributed by atoms with Gasteiger partial charge in [0.25, 0.3) is 5.91 Å². The average molecular weight is 309 g/mol. The Morgan fingerprint density at radius 1 is 1.50 bits per heavy atom. The van der Waals surface area contributed by atoms with Crippen molar-refractivity contribution in [3.05, 3.63) is 28.2 Å². The van der Waals surface area contributed by atoms with Gasteiger partial charge in [-0.1, -0.05) is 6.07 Å². The van der Waals surface area contributed by atoms with Crippen molar-refractivity contribution in [1.29, 1.82) is 10.7 Å². The summed E-state index contributed by atoms with van der Waals surface area (Å²) >= 11 is 3.22.